The van der Waals surface area contributed by atoms with Gasteiger partial charge in [-0.2, -0.15) is 26.5 Å². The number of nitrogens with zero attached hydrogens (tertiary/aromatic N) is 2. The minimum Gasteiger partial charge on any atom is -0.465 e. The summed E-state index contributed by atoms with van der Waals surface area (Å²) >= 11 is 22.7. The molecule has 2 rings (SSSR count). The molecular weight excluding hydrogens is 433 g/mol. The van der Waals surface area contributed by atoms with Gasteiger partial charge in [0.25, 0.3) is 0 Å². The Hall–Kier alpha value is -1.22. The van der Waals surface area contributed by atoms with Crippen LogP contribution in [-0.2, 0) is 16.6 Å². The Balaban J connectivity index is 2.54. The Morgan fingerprint density at radius 3 is 2.54 bits per heavy atom. The topological polar surface area (TPSA) is 53.3 Å². The highest BCUT2D eigenvalue weighted by atomic mass is 35.5. The summed E-state index contributed by atoms with van der Waals surface area (Å²) in [4.78, 5) is 11.9. The van der Waals surface area contributed by atoms with E-state index in [1.54, 1.807) is 6.92 Å². The third kappa shape index (κ3) is 4.36. The Kier molecular flexibility index (Phi) is 7.01. The second-order valence-electron chi connectivity index (χ2n) is 4.98. The second kappa shape index (κ2) is 8.65. The average Bonchev–Trinajstić information content (AvgIpc) is 2.82. The second-order valence-corrected chi connectivity index (χ2v) is 6.69. The van der Waals surface area contributed by atoms with Crippen molar-refractivity contribution >= 4 is 53.4 Å². The zero-order chi connectivity index (χ0) is 19.6. The summed E-state index contributed by atoms with van der Waals surface area (Å²) in [5, 5.41) is 3.27. The van der Waals surface area contributed by atoms with Crippen molar-refractivity contribution in [3.63, 3.8) is 0 Å². The number of hydrogen-bond donors (Lipinski definition) is 1. The maximum Gasteiger partial charge on any atom is 0.388 e. The van der Waals surface area contributed by atoms with Crippen LogP contribution in [0.4, 0.5) is 8.78 Å². The Labute approximate surface area is 168 Å². The number of benzene rings is 1. The van der Waals surface area contributed by atoms with E-state index in [1.165, 1.54) is 19.2 Å². The smallest absolute Gasteiger partial charge is 0.388 e. The normalized spacial score (nSPS) is 12.3. The molecule has 1 heterocycles. The molecule has 0 amide bonds. The van der Waals surface area contributed by atoms with Crippen LogP contribution in [0, 0.1) is 0 Å². The summed E-state index contributed by atoms with van der Waals surface area (Å²) in [7, 11) is 1.39. The van der Waals surface area contributed by atoms with E-state index in [1.807, 2.05) is 0 Å². The number of carbonyl (C=O) groups is 1. The minimum absolute atomic E-state index is 0.0946. The van der Waals surface area contributed by atoms with Gasteiger partial charge in [0.15, 0.2) is 0 Å². The lowest BCUT2D eigenvalue weighted by Crippen LogP contribution is -2.11. The van der Waals surface area contributed by atoms with Gasteiger partial charge in [-0.3, -0.25) is 4.79 Å². The van der Waals surface area contributed by atoms with Gasteiger partial charge >= 0.3 is 12.6 Å². The summed E-state index contributed by atoms with van der Waals surface area (Å²) in [6.07, 6.45) is 0. The monoisotopic (exact) mass is 444 g/mol. The molecule has 0 bridgehead atoms. The fourth-order valence-electron chi connectivity index (χ4n) is 2.17. The van der Waals surface area contributed by atoms with Gasteiger partial charge in [0.1, 0.15) is 16.0 Å². The Morgan fingerprint density at radius 2 is 1.96 bits per heavy atom. The zero-order valence-electron chi connectivity index (χ0n) is 13.5. The summed E-state index contributed by atoms with van der Waals surface area (Å²) in [5.74, 6) is -0.920. The molecule has 0 fully saturated rings. The van der Waals surface area contributed by atoms with E-state index in [0.717, 1.165) is 4.68 Å². The highest BCUT2D eigenvalue weighted by molar-refractivity contribution is 7.81. The third-order valence-electron chi connectivity index (χ3n) is 3.29. The molecule has 0 aliphatic rings. The number of hydrogen-bond acceptors (Lipinski definition) is 5. The predicted molar refractivity (Wildman–Crippen MR) is 98.7 cm³/mol. The number of aromatic nitrogens is 2. The van der Waals surface area contributed by atoms with Crippen molar-refractivity contribution in [2.24, 2.45) is 7.05 Å². The fraction of sp³-hybridized carbons (Fsp3) is 0.333. The van der Waals surface area contributed by atoms with Gasteiger partial charge in [-0.25, -0.2) is 4.68 Å². The van der Waals surface area contributed by atoms with E-state index in [2.05, 4.69) is 22.5 Å². The van der Waals surface area contributed by atoms with E-state index in [9.17, 15) is 13.6 Å². The Bertz CT molecular complexity index is 833. The SMILES string of the molecule is CCOC(=O)C(S)c1cc(-c2nn(C)c(OC(F)F)c2Cl)c(Cl)cc1Cl. The number of ether oxygens (including phenoxy) is 2. The van der Waals surface area contributed by atoms with Gasteiger partial charge in [-0.15, -0.1) is 0 Å². The highest BCUT2D eigenvalue weighted by Crippen LogP contribution is 2.42. The summed E-state index contributed by atoms with van der Waals surface area (Å²) in [6.45, 7) is -1.24. The molecule has 11 heteroatoms. The fourth-order valence-corrected chi connectivity index (χ4v) is 3.42. The van der Waals surface area contributed by atoms with Gasteiger partial charge < -0.3 is 9.47 Å². The van der Waals surface area contributed by atoms with E-state index >= 15 is 0 Å². The predicted octanol–water partition coefficient (Wildman–Crippen LogP) is 5.18. The van der Waals surface area contributed by atoms with Crippen LogP contribution in [0.3, 0.4) is 0 Å². The van der Waals surface area contributed by atoms with Crippen molar-refractivity contribution in [3.05, 3.63) is 32.8 Å². The van der Waals surface area contributed by atoms with Gasteiger partial charge in [0, 0.05) is 17.6 Å². The molecule has 1 unspecified atom stereocenters. The maximum absolute atomic E-state index is 12.5. The molecule has 142 valence electrons. The van der Waals surface area contributed by atoms with Crippen LogP contribution in [0.1, 0.15) is 17.7 Å². The summed E-state index contributed by atoms with van der Waals surface area (Å²) in [6, 6.07) is 2.84. The number of rotatable bonds is 6. The van der Waals surface area contributed by atoms with Crippen molar-refractivity contribution in [3.8, 4) is 17.1 Å². The molecule has 0 saturated carbocycles. The van der Waals surface area contributed by atoms with Crippen LogP contribution in [0.2, 0.25) is 15.1 Å². The van der Waals surface area contributed by atoms with Crippen molar-refractivity contribution in [1.82, 2.24) is 9.78 Å². The van der Waals surface area contributed by atoms with Crippen LogP contribution in [0.25, 0.3) is 11.3 Å². The molecule has 26 heavy (non-hydrogen) atoms. The van der Waals surface area contributed by atoms with Gasteiger partial charge in [0.05, 0.1) is 11.6 Å². The molecule has 0 spiro atoms. The lowest BCUT2D eigenvalue weighted by molar-refractivity contribution is -0.142. The van der Waals surface area contributed by atoms with E-state index in [4.69, 9.17) is 39.5 Å². The summed E-state index contributed by atoms with van der Waals surface area (Å²) < 4.78 is 35.4. The molecule has 1 atom stereocenters. The molecule has 0 N–H and O–H groups in total. The van der Waals surface area contributed by atoms with E-state index in [-0.39, 0.29) is 38.8 Å². The number of thiol groups is 1. The molecule has 0 radical (unpaired) electrons. The first kappa shape index (κ1) is 21.1. The van der Waals surface area contributed by atoms with Crippen LogP contribution >= 0.6 is 47.4 Å². The molecule has 1 aromatic carbocycles. The van der Waals surface area contributed by atoms with Crippen molar-refractivity contribution in [1.29, 1.82) is 0 Å². The Morgan fingerprint density at radius 1 is 1.31 bits per heavy atom. The number of halogens is 5. The lowest BCUT2D eigenvalue weighted by atomic mass is 10.1. The van der Waals surface area contributed by atoms with Gasteiger partial charge in [0.2, 0.25) is 5.88 Å². The lowest BCUT2D eigenvalue weighted by Gasteiger charge is -2.14. The third-order valence-corrected chi connectivity index (χ3v) is 4.76. The molecule has 0 saturated heterocycles. The van der Waals surface area contributed by atoms with Crippen molar-refractivity contribution in [2.45, 2.75) is 18.8 Å². The van der Waals surface area contributed by atoms with Crippen molar-refractivity contribution in [2.75, 3.05) is 6.61 Å². The first-order valence-electron chi connectivity index (χ1n) is 7.18. The number of carbonyl (C=O) groups excluding carboxylic acids is 1. The maximum atomic E-state index is 12.5. The molecule has 0 aliphatic heterocycles. The minimum atomic E-state index is -3.07. The quantitative estimate of drug-likeness (QED) is 0.491. The number of aryl methyl sites for hydroxylation is 1. The molecule has 5 nitrogen and oxygen atoms in total. The van der Waals surface area contributed by atoms with Crippen LogP contribution in [0.15, 0.2) is 12.1 Å². The van der Waals surface area contributed by atoms with E-state index in [0.29, 0.717) is 5.56 Å². The number of esters is 1. The molecule has 0 aliphatic carbocycles. The van der Waals surface area contributed by atoms with Crippen LogP contribution in [-0.4, -0.2) is 29.0 Å². The summed E-state index contributed by atoms with van der Waals surface area (Å²) in [5.41, 5.74) is 0.683. The van der Waals surface area contributed by atoms with Crippen LogP contribution in [0.5, 0.6) is 5.88 Å². The highest BCUT2D eigenvalue weighted by Gasteiger charge is 2.26. The van der Waals surface area contributed by atoms with Crippen molar-refractivity contribution < 1.29 is 23.0 Å². The first-order chi connectivity index (χ1) is 12.2. The molecular formula is C15H13Cl3F2N2O3S. The zero-order valence-corrected chi connectivity index (χ0v) is 16.6. The average molecular weight is 446 g/mol. The number of alkyl halides is 2. The van der Waals surface area contributed by atoms with Gasteiger partial charge in [-0.1, -0.05) is 34.8 Å². The molecule has 2 aromatic rings. The largest absolute Gasteiger partial charge is 0.465 e. The molecule has 1 aromatic heterocycles. The van der Waals surface area contributed by atoms with Crippen LogP contribution < -0.4 is 4.74 Å². The standard InChI is InChI=1S/C15H13Cl3F2N2O3S/c1-3-24-14(23)12(26)7-4-6(8(16)5-9(7)17)11-10(18)13(22(2)21-11)25-15(19)20/h4-5,12,15,26H,3H2,1-2H3. The first-order valence-corrected chi connectivity index (χ1v) is 8.83. The van der Waals surface area contributed by atoms with Gasteiger partial charge in [-0.05, 0) is 24.6 Å². The van der Waals surface area contributed by atoms with E-state index < -0.39 is 17.8 Å².